The molecule has 0 saturated carbocycles. The number of rotatable bonds is 6. The maximum absolute atomic E-state index is 5.81. The Morgan fingerprint density at radius 3 is 3.00 bits per heavy atom. The lowest BCUT2D eigenvalue weighted by Crippen LogP contribution is -2.14. The third-order valence-corrected chi connectivity index (χ3v) is 2.24. The summed E-state index contributed by atoms with van der Waals surface area (Å²) in [7, 11) is 0. The second-order valence-electron chi connectivity index (χ2n) is 3.39. The van der Waals surface area contributed by atoms with Crippen LogP contribution >= 0.6 is 0 Å². The zero-order valence-electron chi connectivity index (χ0n) is 8.79. The number of aryl methyl sites for hydroxylation is 1. The second-order valence-corrected chi connectivity index (χ2v) is 3.39. The van der Waals surface area contributed by atoms with Crippen LogP contribution < -0.4 is 11.1 Å². The van der Waals surface area contributed by atoms with Gasteiger partial charge in [0.05, 0.1) is 0 Å². The predicted molar refractivity (Wildman–Crippen MR) is 60.1 cm³/mol. The zero-order chi connectivity index (χ0) is 10.2. The van der Waals surface area contributed by atoms with Crippen molar-refractivity contribution >= 4 is 5.69 Å². The first-order chi connectivity index (χ1) is 6.84. The van der Waals surface area contributed by atoms with Crippen LogP contribution in [0.2, 0.25) is 0 Å². The molecule has 0 amide bonds. The van der Waals surface area contributed by atoms with Gasteiger partial charge in [-0.3, -0.25) is 4.98 Å². The summed E-state index contributed by atoms with van der Waals surface area (Å²) in [6.45, 7) is 4.27. The van der Waals surface area contributed by atoms with Crippen LogP contribution in [0.1, 0.15) is 25.3 Å². The Kier molecular flexibility index (Phi) is 5.00. The minimum atomic E-state index is 0.864. The van der Waals surface area contributed by atoms with E-state index < -0.39 is 0 Å². The van der Waals surface area contributed by atoms with Gasteiger partial charge in [-0.05, 0) is 44.0 Å². The molecular weight excluding hydrogens is 174 g/mol. The lowest BCUT2D eigenvalue weighted by molar-refractivity contribution is 0.641. The molecule has 0 spiro atoms. The van der Waals surface area contributed by atoms with E-state index in [0.717, 1.165) is 25.2 Å². The summed E-state index contributed by atoms with van der Waals surface area (Å²) in [6, 6.07) is 1.86. The normalized spacial score (nSPS) is 10.4. The van der Waals surface area contributed by atoms with Crippen molar-refractivity contribution in [2.24, 2.45) is 0 Å². The highest BCUT2D eigenvalue weighted by atomic mass is 14.8. The van der Waals surface area contributed by atoms with Crippen molar-refractivity contribution in [3.05, 3.63) is 24.0 Å². The molecule has 0 aliphatic carbocycles. The van der Waals surface area contributed by atoms with Gasteiger partial charge >= 0.3 is 0 Å². The Labute approximate surface area is 85.7 Å². The van der Waals surface area contributed by atoms with E-state index in [0.29, 0.717) is 0 Å². The average molecular weight is 193 g/mol. The predicted octanol–water partition coefficient (Wildman–Crippen LogP) is 1.60. The van der Waals surface area contributed by atoms with Crippen LogP contribution in [0.25, 0.3) is 0 Å². The molecule has 1 rings (SSSR count). The number of aromatic nitrogens is 1. The van der Waals surface area contributed by atoms with Crippen molar-refractivity contribution in [2.75, 3.05) is 18.8 Å². The number of hydrogen-bond acceptors (Lipinski definition) is 3. The van der Waals surface area contributed by atoms with Gasteiger partial charge in [-0.2, -0.15) is 0 Å². The van der Waals surface area contributed by atoms with E-state index in [4.69, 9.17) is 5.73 Å². The molecule has 14 heavy (non-hydrogen) atoms. The molecule has 1 aromatic heterocycles. The summed E-state index contributed by atoms with van der Waals surface area (Å²) in [4.78, 5) is 4.06. The summed E-state index contributed by atoms with van der Waals surface area (Å²) in [5, 5.41) is 3.30. The molecule has 1 heterocycles. The Hall–Kier alpha value is -1.09. The minimum absolute atomic E-state index is 0.864. The minimum Gasteiger partial charge on any atom is -0.398 e. The van der Waals surface area contributed by atoms with E-state index >= 15 is 0 Å². The molecule has 0 radical (unpaired) electrons. The molecule has 1 aromatic rings. The number of nitrogens with one attached hydrogen (secondary N) is 1. The van der Waals surface area contributed by atoms with Crippen LogP contribution in [-0.4, -0.2) is 18.1 Å². The van der Waals surface area contributed by atoms with E-state index in [1.54, 1.807) is 6.20 Å². The van der Waals surface area contributed by atoms with Gasteiger partial charge in [-0.15, -0.1) is 0 Å². The number of pyridine rings is 1. The first kappa shape index (κ1) is 11.0. The molecule has 0 unspecified atom stereocenters. The zero-order valence-corrected chi connectivity index (χ0v) is 8.79. The van der Waals surface area contributed by atoms with E-state index in [1.165, 1.54) is 18.4 Å². The van der Waals surface area contributed by atoms with E-state index in [-0.39, 0.29) is 0 Å². The highest BCUT2D eigenvalue weighted by molar-refractivity contribution is 5.44. The smallest absolute Gasteiger partial charge is 0.0377 e. The van der Waals surface area contributed by atoms with Crippen molar-refractivity contribution in [3.63, 3.8) is 0 Å². The van der Waals surface area contributed by atoms with Crippen molar-refractivity contribution in [1.82, 2.24) is 10.3 Å². The third kappa shape index (κ3) is 3.75. The molecule has 0 aromatic carbocycles. The summed E-state index contributed by atoms with van der Waals surface area (Å²) in [6.07, 6.45) is 7.00. The fourth-order valence-electron chi connectivity index (χ4n) is 1.39. The van der Waals surface area contributed by atoms with E-state index in [9.17, 15) is 0 Å². The van der Waals surface area contributed by atoms with Crippen LogP contribution in [0.5, 0.6) is 0 Å². The van der Waals surface area contributed by atoms with Crippen LogP contribution in [0.4, 0.5) is 5.69 Å². The maximum Gasteiger partial charge on any atom is 0.0377 e. The Balaban J connectivity index is 2.21. The molecule has 0 fully saturated rings. The largest absolute Gasteiger partial charge is 0.398 e. The molecular formula is C11H19N3. The SMILES string of the molecule is CCNCCCCc1cnccc1N. The van der Waals surface area contributed by atoms with Gasteiger partial charge in [0.2, 0.25) is 0 Å². The van der Waals surface area contributed by atoms with Crippen LogP contribution in [-0.2, 0) is 6.42 Å². The lowest BCUT2D eigenvalue weighted by Gasteiger charge is -2.04. The summed E-state index contributed by atoms with van der Waals surface area (Å²) >= 11 is 0. The molecule has 0 aliphatic heterocycles. The van der Waals surface area contributed by atoms with Gasteiger partial charge in [0, 0.05) is 18.1 Å². The number of nitrogen functional groups attached to an aromatic ring is 1. The van der Waals surface area contributed by atoms with Gasteiger partial charge in [-0.1, -0.05) is 6.92 Å². The van der Waals surface area contributed by atoms with Gasteiger partial charge < -0.3 is 11.1 Å². The first-order valence-electron chi connectivity index (χ1n) is 5.23. The summed E-state index contributed by atoms with van der Waals surface area (Å²) in [5.74, 6) is 0. The number of hydrogen-bond donors (Lipinski definition) is 2. The number of unbranched alkanes of at least 4 members (excludes halogenated alkanes) is 1. The molecule has 0 saturated heterocycles. The monoisotopic (exact) mass is 193 g/mol. The summed E-state index contributed by atoms with van der Waals surface area (Å²) < 4.78 is 0. The fraction of sp³-hybridized carbons (Fsp3) is 0.545. The molecule has 0 bridgehead atoms. The second kappa shape index (κ2) is 6.38. The quantitative estimate of drug-likeness (QED) is 0.675. The third-order valence-electron chi connectivity index (χ3n) is 2.24. The summed E-state index contributed by atoms with van der Waals surface area (Å²) in [5.41, 5.74) is 7.84. The Bertz CT molecular complexity index is 260. The number of nitrogens with zero attached hydrogens (tertiary/aromatic N) is 1. The maximum atomic E-state index is 5.81. The molecule has 0 aliphatic rings. The molecule has 3 nitrogen and oxygen atoms in total. The van der Waals surface area contributed by atoms with Crippen molar-refractivity contribution in [2.45, 2.75) is 26.2 Å². The Morgan fingerprint density at radius 1 is 1.43 bits per heavy atom. The number of anilines is 1. The van der Waals surface area contributed by atoms with Crippen molar-refractivity contribution in [3.8, 4) is 0 Å². The molecule has 3 heteroatoms. The van der Waals surface area contributed by atoms with E-state index in [1.807, 2.05) is 12.3 Å². The highest BCUT2D eigenvalue weighted by Gasteiger charge is 1.97. The van der Waals surface area contributed by atoms with Crippen LogP contribution in [0.3, 0.4) is 0 Å². The topological polar surface area (TPSA) is 50.9 Å². The number of nitrogens with two attached hydrogens (primary N) is 1. The fourth-order valence-corrected chi connectivity index (χ4v) is 1.39. The highest BCUT2D eigenvalue weighted by Crippen LogP contribution is 2.11. The average Bonchev–Trinajstić information content (AvgIpc) is 2.20. The Morgan fingerprint density at radius 2 is 2.29 bits per heavy atom. The van der Waals surface area contributed by atoms with Gasteiger partial charge in [0.25, 0.3) is 0 Å². The van der Waals surface area contributed by atoms with Crippen LogP contribution in [0.15, 0.2) is 18.5 Å². The van der Waals surface area contributed by atoms with Crippen molar-refractivity contribution in [1.29, 1.82) is 0 Å². The standard InChI is InChI=1S/C11H19N3/c1-2-13-7-4-3-5-10-9-14-8-6-11(10)12/h6,8-9,13H,2-5,7H2,1H3,(H2,12,14). The first-order valence-corrected chi connectivity index (χ1v) is 5.23. The van der Waals surface area contributed by atoms with Crippen molar-refractivity contribution < 1.29 is 0 Å². The lowest BCUT2D eigenvalue weighted by atomic mass is 10.1. The molecule has 3 N–H and O–H groups in total. The van der Waals surface area contributed by atoms with Gasteiger partial charge in [0.1, 0.15) is 0 Å². The van der Waals surface area contributed by atoms with Gasteiger partial charge in [-0.25, -0.2) is 0 Å². The van der Waals surface area contributed by atoms with Crippen LogP contribution in [0, 0.1) is 0 Å². The van der Waals surface area contributed by atoms with E-state index in [2.05, 4.69) is 17.2 Å². The van der Waals surface area contributed by atoms with Gasteiger partial charge in [0.15, 0.2) is 0 Å². The molecule has 78 valence electrons. The molecule has 0 atom stereocenters.